The maximum Gasteiger partial charge on any atom is 0.410 e. The molecule has 1 fully saturated rings. The maximum absolute atomic E-state index is 14.6. The smallest absolute Gasteiger partial charge is 0.410 e. The van der Waals surface area contributed by atoms with Crippen LogP contribution in [0.2, 0.25) is 5.02 Å². The van der Waals surface area contributed by atoms with Crippen molar-refractivity contribution in [2.75, 3.05) is 6.54 Å². The van der Waals surface area contributed by atoms with Crippen LogP contribution in [0.3, 0.4) is 0 Å². The standard InChI is InChI=1S/C25H29ClFNO5/c1-16-10-11-18(14-28(16)24(30)31-15-17-8-6-5-7-9-17)32-22-13-21(27)19(12-20(22)26)23(29)33-25(2,3)4/h5-9,12-13,16,18H,10-11,14-15H2,1-4H3/t16-,18-/m1/s1. The molecule has 6 nitrogen and oxygen atoms in total. The molecule has 8 heteroatoms. The summed E-state index contributed by atoms with van der Waals surface area (Å²) in [6.45, 7) is 7.49. The Labute approximate surface area is 198 Å². The molecule has 0 aliphatic carbocycles. The molecule has 1 aliphatic rings. The predicted octanol–water partition coefficient (Wildman–Crippen LogP) is 6.00. The molecular weight excluding hydrogens is 449 g/mol. The lowest BCUT2D eigenvalue weighted by Crippen LogP contribution is -2.49. The molecule has 0 bridgehead atoms. The van der Waals surface area contributed by atoms with Crippen LogP contribution in [0.1, 0.15) is 56.5 Å². The van der Waals surface area contributed by atoms with E-state index in [1.807, 2.05) is 37.3 Å². The highest BCUT2D eigenvalue weighted by atomic mass is 35.5. The van der Waals surface area contributed by atoms with Gasteiger partial charge in [0.05, 0.1) is 17.1 Å². The van der Waals surface area contributed by atoms with E-state index >= 15 is 0 Å². The second kappa shape index (κ2) is 10.4. The number of carbonyl (C=O) groups is 2. The Morgan fingerprint density at radius 3 is 2.52 bits per heavy atom. The van der Waals surface area contributed by atoms with Crippen LogP contribution in [0.5, 0.6) is 5.75 Å². The SMILES string of the molecule is C[C@@H]1CC[C@@H](Oc2cc(F)c(C(=O)OC(C)(C)C)cc2Cl)CN1C(=O)OCc1ccccc1. The number of esters is 1. The van der Waals surface area contributed by atoms with Crippen molar-refractivity contribution < 1.29 is 28.2 Å². The summed E-state index contributed by atoms with van der Waals surface area (Å²) in [5.74, 6) is -1.47. The number of benzene rings is 2. The van der Waals surface area contributed by atoms with Crippen LogP contribution in [-0.2, 0) is 16.1 Å². The van der Waals surface area contributed by atoms with Crippen LogP contribution in [0.15, 0.2) is 42.5 Å². The lowest BCUT2D eigenvalue weighted by molar-refractivity contribution is 0.00640. The maximum atomic E-state index is 14.6. The van der Waals surface area contributed by atoms with Gasteiger partial charge in [-0.2, -0.15) is 0 Å². The van der Waals surface area contributed by atoms with Crippen molar-refractivity contribution in [1.29, 1.82) is 0 Å². The van der Waals surface area contributed by atoms with E-state index in [1.165, 1.54) is 6.07 Å². The third-order valence-corrected chi connectivity index (χ3v) is 5.51. The molecule has 0 N–H and O–H groups in total. The molecule has 0 spiro atoms. The van der Waals surface area contributed by atoms with Gasteiger partial charge < -0.3 is 19.1 Å². The molecule has 0 saturated carbocycles. The number of nitrogens with zero attached hydrogens (tertiary/aromatic N) is 1. The monoisotopic (exact) mass is 477 g/mol. The Morgan fingerprint density at radius 2 is 1.85 bits per heavy atom. The molecule has 2 aromatic carbocycles. The van der Waals surface area contributed by atoms with E-state index in [1.54, 1.807) is 25.7 Å². The highest BCUT2D eigenvalue weighted by molar-refractivity contribution is 6.32. The van der Waals surface area contributed by atoms with E-state index < -0.39 is 29.6 Å². The van der Waals surface area contributed by atoms with Crippen molar-refractivity contribution in [1.82, 2.24) is 4.90 Å². The van der Waals surface area contributed by atoms with Crippen LogP contribution in [0.4, 0.5) is 9.18 Å². The number of piperidine rings is 1. The number of hydrogen-bond acceptors (Lipinski definition) is 5. The zero-order chi connectivity index (χ0) is 24.2. The summed E-state index contributed by atoms with van der Waals surface area (Å²) in [5, 5.41) is 0.0917. The van der Waals surface area contributed by atoms with Gasteiger partial charge in [0.15, 0.2) is 0 Å². The highest BCUT2D eigenvalue weighted by Crippen LogP contribution is 2.32. The van der Waals surface area contributed by atoms with Gasteiger partial charge in [-0.3, -0.25) is 0 Å². The second-order valence-electron chi connectivity index (χ2n) is 9.12. The van der Waals surface area contributed by atoms with E-state index in [9.17, 15) is 14.0 Å². The number of hydrogen-bond donors (Lipinski definition) is 0. The molecule has 0 radical (unpaired) electrons. The Morgan fingerprint density at radius 1 is 1.15 bits per heavy atom. The molecule has 0 aromatic heterocycles. The Bertz CT molecular complexity index is 992. The molecule has 1 amide bonds. The highest BCUT2D eigenvalue weighted by Gasteiger charge is 2.32. The summed E-state index contributed by atoms with van der Waals surface area (Å²) in [7, 11) is 0. The summed E-state index contributed by atoms with van der Waals surface area (Å²) in [6, 6.07) is 11.7. The van der Waals surface area contributed by atoms with Gasteiger partial charge in [0, 0.05) is 12.1 Å². The van der Waals surface area contributed by atoms with Gasteiger partial charge in [0.2, 0.25) is 0 Å². The third kappa shape index (κ3) is 6.84. The van der Waals surface area contributed by atoms with Crippen molar-refractivity contribution >= 4 is 23.7 Å². The number of carbonyl (C=O) groups excluding carboxylic acids is 2. The fraction of sp³-hybridized carbons (Fsp3) is 0.440. The summed E-state index contributed by atoms with van der Waals surface area (Å²) in [6.07, 6.45) is 0.531. The Hall–Kier alpha value is -2.80. The zero-order valence-corrected chi connectivity index (χ0v) is 20.0. The van der Waals surface area contributed by atoms with Crippen LogP contribution >= 0.6 is 11.6 Å². The van der Waals surface area contributed by atoms with Crippen LogP contribution in [-0.4, -0.2) is 41.3 Å². The average molecular weight is 478 g/mol. The lowest BCUT2D eigenvalue weighted by Gasteiger charge is -2.37. The van der Waals surface area contributed by atoms with Gasteiger partial charge in [-0.25, -0.2) is 14.0 Å². The molecular formula is C25H29ClFNO5. The molecule has 33 heavy (non-hydrogen) atoms. The lowest BCUT2D eigenvalue weighted by atomic mass is 10.0. The molecule has 1 aliphatic heterocycles. The molecule has 1 saturated heterocycles. The van der Waals surface area contributed by atoms with E-state index in [0.29, 0.717) is 12.8 Å². The number of halogens is 2. The topological polar surface area (TPSA) is 65.1 Å². The fourth-order valence-corrected chi connectivity index (χ4v) is 3.72. The van der Waals surface area contributed by atoms with E-state index in [-0.39, 0.29) is 35.5 Å². The molecule has 178 valence electrons. The molecule has 3 rings (SSSR count). The minimum absolute atomic E-state index is 0.0186. The number of rotatable bonds is 5. The van der Waals surface area contributed by atoms with E-state index in [4.69, 9.17) is 25.8 Å². The van der Waals surface area contributed by atoms with Gasteiger partial charge in [0.1, 0.15) is 29.9 Å². The molecule has 2 atom stereocenters. The Kier molecular flexibility index (Phi) is 7.84. The predicted molar refractivity (Wildman–Crippen MR) is 123 cm³/mol. The summed E-state index contributed by atoms with van der Waals surface area (Å²) < 4.78 is 31.2. The number of amides is 1. The third-order valence-electron chi connectivity index (χ3n) is 5.21. The normalized spacial score (nSPS) is 18.5. The largest absolute Gasteiger partial charge is 0.487 e. The molecule has 0 unspecified atom stereocenters. The van der Waals surface area contributed by atoms with E-state index in [2.05, 4.69) is 0 Å². The molecule has 2 aromatic rings. The minimum atomic E-state index is -0.799. The van der Waals surface area contributed by atoms with Crippen molar-refractivity contribution in [3.8, 4) is 5.75 Å². The first-order valence-corrected chi connectivity index (χ1v) is 11.3. The average Bonchev–Trinajstić information content (AvgIpc) is 2.75. The van der Waals surface area contributed by atoms with Crippen LogP contribution in [0.25, 0.3) is 0 Å². The first kappa shape index (κ1) is 24.8. The van der Waals surface area contributed by atoms with Gasteiger partial charge in [-0.05, 0) is 52.2 Å². The van der Waals surface area contributed by atoms with Gasteiger partial charge >= 0.3 is 12.1 Å². The minimum Gasteiger partial charge on any atom is -0.487 e. The summed E-state index contributed by atoms with van der Waals surface area (Å²) >= 11 is 6.28. The first-order chi connectivity index (χ1) is 15.5. The quantitative estimate of drug-likeness (QED) is 0.494. The second-order valence-corrected chi connectivity index (χ2v) is 9.53. The van der Waals surface area contributed by atoms with Crippen molar-refractivity contribution in [3.63, 3.8) is 0 Å². The summed E-state index contributed by atoms with van der Waals surface area (Å²) in [5.41, 5.74) is -0.121. The van der Waals surface area contributed by atoms with Crippen LogP contribution in [0, 0.1) is 5.82 Å². The van der Waals surface area contributed by atoms with E-state index in [0.717, 1.165) is 11.6 Å². The first-order valence-electron chi connectivity index (χ1n) is 10.9. The van der Waals surface area contributed by atoms with Crippen molar-refractivity contribution in [2.24, 2.45) is 0 Å². The van der Waals surface area contributed by atoms with Gasteiger partial charge in [-0.15, -0.1) is 0 Å². The Balaban J connectivity index is 1.65. The van der Waals surface area contributed by atoms with Gasteiger partial charge in [-0.1, -0.05) is 41.9 Å². The van der Waals surface area contributed by atoms with Crippen molar-refractivity contribution in [2.45, 2.75) is 64.9 Å². The van der Waals surface area contributed by atoms with Crippen LogP contribution < -0.4 is 4.74 Å². The fourth-order valence-electron chi connectivity index (χ4n) is 3.51. The summed E-state index contributed by atoms with van der Waals surface area (Å²) in [4.78, 5) is 26.5. The number of ether oxygens (including phenoxy) is 3. The number of likely N-dealkylation sites (tertiary alicyclic amines) is 1. The van der Waals surface area contributed by atoms with Crippen molar-refractivity contribution in [3.05, 3.63) is 64.4 Å². The van der Waals surface area contributed by atoms with Gasteiger partial charge in [0.25, 0.3) is 0 Å². The molecule has 1 heterocycles. The zero-order valence-electron chi connectivity index (χ0n) is 19.3.